The van der Waals surface area contributed by atoms with E-state index in [1.807, 2.05) is 6.08 Å². The Morgan fingerprint density at radius 2 is 2.11 bits per heavy atom. The van der Waals surface area contributed by atoms with Crippen LogP contribution in [0.5, 0.6) is 5.75 Å². The number of piperazine rings is 1. The van der Waals surface area contributed by atoms with Gasteiger partial charge in [-0.1, -0.05) is 23.7 Å². The van der Waals surface area contributed by atoms with Crippen LogP contribution in [0.15, 0.2) is 47.9 Å². The van der Waals surface area contributed by atoms with Crippen molar-refractivity contribution < 1.29 is 4.74 Å². The number of unbranched alkanes of at least 4 members (excludes halogenated alkanes) is 2. The highest BCUT2D eigenvalue weighted by Crippen LogP contribution is 2.25. The van der Waals surface area contributed by atoms with Gasteiger partial charge in [-0.15, -0.1) is 6.58 Å². The number of rotatable bonds is 8. The third-order valence-electron chi connectivity index (χ3n) is 4.47. The summed E-state index contributed by atoms with van der Waals surface area (Å²) >= 11 is 6.07. The fraction of sp³-hybridized carbons (Fsp3) is 0.400. The van der Waals surface area contributed by atoms with Crippen molar-refractivity contribution in [2.75, 3.05) is 37.7 Å². The number of benzene rings is 1. The van der Waals surface area contributed by atoms with E-state index < -0.39 is 0 Å². The zero-order chi connectivity index (χ0) is 19.1. The van der Waals surface area contributed by atoms with Crippen LogP contribution < -0.4 is 20.5 Å². The Morgan fingerprint density at radius 3 is 2.85 bits per heavy atom. The van der Waals surface area contributed by atoms with E-state index in [-0.39, 0.29) is 5.56 Å². The van der Waals surface area contributed by atoms with Gasteiger partial charge in [-0.3, -0.25) is 4.79 Å². The van der Waals surface area contributed by atoms with E-state index in [1.165, 1.54) is 4.68 Å². The van der Waals surface area contributed by atoms with Gasteiger partial charge in [0.25, 0.3) is 0 Å². The second kappa shape index (κ2) is 9.58. The van der Waals surface area contributed by atoms with E-state index in [0.29, 0.717) is 23.1 Å². The molecule has 6 nitrogen and oxygen atoms in total. The third kappa shape index (κ3) is 4.90. The standard InChI is InChI=1S/C20H25ClN4O2/c1-2-3-4-5-13-27-19-18(24-11-9-22-10-12-24)15-23-25(20(19)26)17-8-6-7-16(21)14-17/h2,6-8,14-15,22H,1,3-5,9-13H2. The van der Waals surface area contributed by atoms with Crippen molar-refractivity contribution in [1.82, 2.24) is 15.1 Å². The molecule has 2 aromatic rings. The molecule has 0 atom stereocenters. The summed E-state index contributed by atoms with van der Waals surface area (Å²) < 4.78 is 7.30. The summed E-state index contributed by atoms with van der Waals surface area (Å²) in [5.41, 5.74) is 1.11. The predicted octanol–water partition coefficient (Wildman–Crippen LogP) is 3.03. The molecule has 144 valence electrons. The van der Waals surface area contributed by atoms with Crippen molar-refractivity contribution in [2.45, 2.75) is 19.3 Å². The molecule has 0 spiro atoms. The third-order valence-corrected chi connectivity index (χ3v) is 4.71. The number of halogens is 1. The summed E-state index contributed by atoms with van der Waals surface area (Å²) in [5, 5.41) is 8.25. The van der Waals surface area contributed by atoms with Crippen LogP contribution >= 0.6 is 11.6 Å². The molecule has 1 fully saturated rings. The lowest BCUT2D eigenvalue weighted by Gasteiger charge is -2.30. The zero-order valence-corrected chi connectivity index (χ0v) is 16.1. The largest absolute Gasteiger partial charge is 0.486 e. The minimum atomic E-state index is -0.267. The first-order valence-electron chi connectivity index (χ1n) is 9.28. The summed E-state index contributed by atoms with van der Waals surface area (Å²) in [5.74, 6) is 0.352. The molecule has 2 heterocycles. The van der Waals surface area contributed by atoms with Gasteiger partial charge in [0, 0.05) is 31.2 Å². The lowest BCUT2D eigenvalue weighted by molar-refractivity contribution is 0.300. The van der Waals surface area contributed by atoms with Crippen LogP contribution in [0, 0.1) is 0 Å². The Bertz CT molecular complexity index is 831. The van der Waals surface area contributed by atoms with Crippen molar-refractivity contribution in [3.8, 4) is 11.4 Å². The Labute approximate surface area is 164 Å². The van der Waals surface area contributed by atoms with Crippen LogP contribution in [0.3, 0.4) is 0 Å². The van der Waals surface area contributed by atoms with Gasteiger partial charge in [-0.2, -0.15) is 9.78 Å². The fourth-order valence-electron chi connectivity index (χ4n) is 3.05. The van der Waals surface area contributed by atoms with Gasteiger partial charge in [0.15, 0.2) is 0 Å². The first-order valence-corrected chi connectivity index (χ1v) is 9.66. The molecule has 1 N–H and O–H groups in total. The molecule has 3 rings (SSSR count). The Morgan fingerprint density at radius 1 is 1.30 bits per heavy atom. The number of allylic oxidation sites excluding steroid dienone is 1. The van der Waals surface area contributed by atoms with E-state index in [4.69, 9.17) is 16.3 Å². The van der Waals surface area contributed by atoms with E-state index in [9.17, 15) is 4.79 Å². The molecule has 27 heavy (non-hydrogen) atoms. The maximum atomic E-state index is 13.1. The normalized spacial score (nSPS) is 14.2. The topological polar surface area (TPSA) is 59.4 Å². The van der Waals surface area contributed by atoms with E-state index in [1.54, 1.807) is 30.5 Å². The van der Waals surface area contributed by atoms with Crippen LogP contribution in [0.25, 0.3) is 5.69 Å². The molecule has 1 aromatic heterocycles. The highest BCUT2D eigenvalue weighted by molar-refractivity contribution is 6.30. The van der Waals surface area contributed by atoms with E-state index in [0.717, 1.165) is 51.1 Å². The maximum Gasteiger partial charge on any atom is 0.316 e. The van der Waals surface area contributed by atoms with E-state index in [2.05, 4.69) is 21.9 Å². The summed E-state index contributed by atoms with van der Waals surface area (Å²) in [4.78, 5) is 15.3. The monoisotopic (exact) mass is 388 g/mol. The fourth-order valence-corrected chi connectivity index (χ4v) is 3.24. The highest BCUT2D eigenvalue weighted by atomic mass is 35.5. The molecule has 1 aliphatic heterocycles. The second-order valence-corrected chi connectivity index (χ2v) is 6.86. The van der Waals surface area contributed by atoms with Crippen molar-refractivity contribution >= 4 is 17.3 Å². The number of hydrogen-bond acceptors (Lipinski definition) is 5. The van der Waals surface area contributed by atoms with E-state index >= 15 is 0 Å². The number of ether oxygens (including phenoxy) is 1. The molecule has 0 aliphatic carbocycles. The highest BCUT2D eigenvalue weighted by Gasteiger charge is 2.20. The number of hydrogen-bond donors (Lipinski definition) is 1. The molecule has 1 saturated heterocycles. The molecule has 0 unspecified atom stereocenters. The molecular weight excluding hydrogens is 364 g/mol. The van der Waals surface area contributed by atoms with Crippen molar-refractivity contribution in [3.05, 3.63) is 58.5 Å². The van der Waals surface area contributed by atoms with Crippen LogP contribution in [-0.4, -0.2) is 42.6 Å². The van der Waals surface area contributed by atoms with Gasteiger partial charge in [-0.25, -0.2) is 0 Å². The predicted molar refractivity (Wildman–Crippen MR) is 109 cm³/mol. The van der Waals surface area contributed by atoms with Gasteiger partial charge in [0.05, 0.1) is 18.5 Å². The average molecular weight is 389 g/mol. The molecule has 7 heteroatoms. The lowest BCUT2D eigenvalue weighted by Crippen LogP contribution is -2.44. The van der Waals surface area contributed by atoms with Gasteiger partial charge in [0.1, 0.15) is 5.69 Å². The van der Waals surface area contributed by atoms with Crippen molar-refractivity contribution in [1.29, 1.82) is 0 Å². The SMILES string of the molecule is C=CCCCCOc1c(N2CCNCC2)cnn(-c2cccc(Cl)c2)c1=O. The number of aromatic nitrogens is 2. The maximum absolute atomic E-state index is 13.1. The quantitative estimate of drug-likeness (QED) is 0.556. The summed E-state index contributed by atoms with van der Waals surface area (Å²) in [7, 11) is 0. The first-order chi connectivity index (χ1) is 13.2. The molecule has 0 radical (unpaired) electrons. The van der Waals surface area contributed by atoms with Gasteiger partial charge in [-0.05, 0) is 37.5 Å². The van der Waals surface area contributed by atoms with Gasteiger partial charge in [0.2, 0.25) is 5.75 Å². The number of nitrogens with zero attached hydrogens (tertiary/aromatic N) is 3. The van der Waals surface area contributed by atoms with Crippen LogP contribution in [0.4, 0.5) is 5.69 Å². The Kier molecular flexibility index (Phi) is 6.90. The summed E-state index contributed by atoms with van der Waals surface area (Å²) in [6.07, 6.45) is 6.40. The van der Waals surface area contributed by atoms with Crippen molar-refractivity contribution in [2.24, 2.45) is 0 Å². The Hall–Kier alpha value is -2.31. The second-order valence-electron chi connectivity index (χ2n) is 6.43. The average Bonchev–Trinajstić information content (AvgIpc) is 2.69. The number of nitrogens with one attached hydrogen (secondary N) is 1. The Balaban J connectivity index is 1.92. The van der Waals surface area contributed by atoms with Gasteiger partial charge < -0.3 is 15.0 Å². The lowest BCUT2D eigenvalue weighted by atomic mass is 10.2. The molecule has 1 aliphatic rings. The van der Waals surface area contributed by atoms with Crippen LogP contribution in [-0.2, 0) is 0 Å². The van der Waals surface area contributed by atoms with Crippen LogP contribution in [0.2, 0.25) is 5.02 Å². The molecule has 0 amide bonds. The van der Waals surface area contributed by atoms with Crippen LogP contribution in [0.1, 0.15) is 19.3 Å². The van der Waals surface area contributed by atoms with Crippen molar-refractivity contribution in [3.63, 3.8) is 0 Å². The smallest absolute Gasteiger partial charge is 0.316 e. The molecule has 1 aromatic carbocycles. The zero-order valence-electron chi connectivity index (χ0n) is 15.4. The molecular formula is C20H25ClN4O2. The summed E-state index contributed by atoms with van der Waals surface area (Å²) in [6.45, 7) is 7.59. The first kappa shape index (κ1) is 19.5. The van der Waals surface area contributed by atoms with Gasteiger partial charge >= 0.3 is 5.56 Å². The molecule has 0 saturated carbocycles. The minimum absolute atomic E-state index is 0.267. The minimum Gasteiger partial charge on any atom is -0.486 e. The molecule has 0 bridgehead atoms. The number of anilines is 1. The summed E-state index contributed by atoms with van der Waals surface area (Å²) in [6, 6.07) is 7.08.